The van der Waals surface area contributed by atoms with Crippen molar-refractivity contribution in [3.8, 4) is 0 Å². The first-order valence-corrected chi connectivity index (χ1v) is 6.05. The Labute approximate surface area is 157 Å². The maximum atomic E-state index is 13.5. The summed E-state index contributed by atoms with van der Waals surface area (Å²) in [6.45, 7) is -2.48. The second-order valence-corrected chi connectivity index (χ2v) is 4.99. The summed E-state index contributed by atoms with van der Waals surface area (Å²) >= 11 is 0. The molecule has 28 heavy (non-hydrogen) atoms. The van der Waals surface area contributed by atoms with Gasteiger partial charge in [0.15, 0.2) is 0 Å². The third-order valence-electron chi connectivity index (χ3n) is 3.01. The Morgan fingerprint density at radius 1 is 0.607 bits per heavy atom. The second-order valence-electron chi connectivity index (χ2n) is 4.99. The van der Waals surface area contributed by atoms with Crippen molar-refractivity contribution in [1.29, 1.82) is 0 Å². The molecule has 0 bridgehead atoms. The molecular formula is C10H6F15LiO2. The molecule has 0 spiro atoms. The molecule has 0 aromatic heterocycles. The third-order valence-corrected chi connectivity index (χ3v) is 3.01. The summed E-state index contributed by atoms with van der Waals surface area (Å²) in [5.74, 6) is -24.4. The van der Waals surface area contributed by atoms with Crippen LogP contribution in [0.15, 0.2) is 0 Å². The van der Waals surface area contributed by atoms with Crippen LogP contribution in [0.5, 0.6) is 0 Å². The van der Waals surface area contributed by atoms with E-state index in [1.165, 1.54) is 0 Å². The smallest absolute Gasteiger partial charge is 0.853 e. The van der Waals surface area contributed by atoms with Crippen molar-refractivity contribution in [3.05, 3.63) is 0 Å². The van der Waals surface area contributed by atoms with Gasteiger partial charge < -0.3 is 9.84 Å². The summed E-state index contributed by atoms with van der Waals surface area (Å²) in [7, 11) is 0. The summed E-state index contributed by atoms with van der Waals surface area (Å²) in [5.41, 5.74) is -7.91. The van der Waals surface area contributed by atoms with Crippen LogP contribution in [0.4, 0.5) is 65.9 Å². The fourth-order valence-corrected chi connectivity index (χ4v) is 1.75. The van der Waals surface area contributed by atoms with Gasteiger partial charge in [0.05, 0.1) is 0 Å². The van der Waals surface area contributed by atoms with Crippen LogP contribution < -0.4 is 24.0 Å². The molecule has 0 N–H and O–H groups in total. The van der Waals surface area contributed by atoms with Crippen LogP contribution in [0, 0.1) is 0 Å². The fraction of sp³-hybridized carbons (Fsp3) is 1.00. The quantitative estimate of drug-likeness (QED) is 0.449. The molecule has 18 heteroatoms. The summed E-state index contributed by atoms with van der Waals surface area (Å²) < 4.78 is 195. The van der Waals surface area contributed by atoms with E-state index in [1.807, 2.05) is 0 Å². The molecule has 0 rings (SSSR count). The first kappa shape index (κ1) is 29.7. The summed E-state index contributed by atoms with van der Waals surface area (Å²) in [6.07, 6.45) is -26.7. The van der Waals surface area contributed by atoms with Crippen LogP contribution in [0.2, 0.25) is 0 Å². The van der Waals surface area contributed by atoms with Gasteiger partial charge in [-0.15, -0.1) is 6.61 Å². The molecule has 0 fully saturated rings. The Bertz CT molecular complexity index is 456. The normalized spacial score (nSPS) is 16.6. The van der Waals surface area contributed by atoms with Crippen LogP contribution in [0.3, 0.4) is 0 Å². The zero-order valence-electron chi connectivity index (χ0n) is 13.3. The van der Waals surface area contributed by atoms with Crippen molar-refractivity contribution in [2.45, 2.75) is 54.9 Å². The van der Waals surface area contributed by atoms with E-state index in [4.69, 9.17) is 0 Å². The Morgan fingerprint density at radius 3 is 0.964 bits per heavy atom. The summed E-state index contributed by atoms with van der Waals surface area (Å²) in [4.78, 5) is 0. The van der Waals surface area contributed by atoms with E-state index < -0.39 is 54.6 Å². The van der Waals surface area contributed by atoms with Crippen molar-refractivity contribution in [1.82, 2.24) is 0 Å². The van der Waals surface area contributed by atoms with E-state index in [1.54, 1.807) is 0 Å². The largest absolute Gasteiger partial charge is 1.00 e. The number of hydrogen-bond acceptors (Lipinski definition) is 2. The molecule has 0 saturated heterocycles. The maximum absolute atomic E-state index is 13.5. The topological polar surface area (TPSA) is 32.3 Å². The standard InChI is InChI=1S/C10H6F15O2.Li/c1-3(2-26)27-4(5(11,12)8(17,18)19,6(13,14)9(20,21)22)7(15,16)10(23,24)25;/h3H,2H2,1H3;/q-1;+1. The third kappa shape index (κ3) is 4.17. The Morgan fingerprint density at radius 2 is 0.821 bits per heavy atom. The molecular weight excluding hydrogens is 444 g/mol. The molecule has 0 amide bonds. The van der Waals surface area contributed by atoms with Crippen LogP contribution in [-0.4, -0.2) is 54.6 Å². The van der Waals surface area contributed by atoms with E-state index in [0.717, 1.165) is 0 Å². The van der Waals surface area contributed by atoms with Gasteiger partial charge in [0.1, 0.15) is 0 Å². The zero-order chi connectivity index (χ0) is 22.5. The molecule has 0 saturated carbocycles. The minimum Gasteiger partial charge on any atom is -0.853 e. The number of halogens is 15. The first-order chi connectivity index (χ1) is 11.5. The minimum absolute atomic E-state index is 0. The molecule has 0 aliphatic carbocycles. The van der Waals surface area contributed by atoms with Gasteiger partial charge in [-0.25, -0.2) is 0 Å². The molecule has 0 aliphatic rings. The molecule has 2 nitrogen and oxygen atoms in total. The summed E-state index contributed by atoms with van der Waals surface area (Å²) in [5, 5.41) is 10.3. The molecule has 0 aliphatic heterocycles. The molecule has 1 unspecified atom stereocenters. The zero-order valence-corrected chi connectivity index (χ0v) is 13.3. The second kappa shape index (κ2) is 7.95. The number of alkyl halides is 15. The van der Waals surface area contributed by atoms with Gasteiger partial charge in [-0.2, -0.15) is 65.9 Å². The predicted molar refractivity (Wildman–Crippen MR) is 51.2 cm³/mol. The SMILES string of the molecule is CC(C[O-])OC(C(F)(F)C(F)(F)F)(C(F)(F)C(F)(F)F)C(F)(F)C(F)(F)F.[Li+]. The predicted octanol–water partition coefficient (Wildman–Crippen LogP) is 1.09. The summed E-state index contributed by atoms with van der Waals surface area (Å²) in [6, 6.07) is 0. The molecule has 0 aromatic rings. The number of ether oxygens (including phenoxy) is 1. The van der Waals surface area contributed by atoms with Crippen molar-refractivity contribution < 1.29 is 94.6 Å². The van der Waals surface area contributed by atoms with Gasteiger partial charge in [-0.1, -0.05) is 0 Å². The Hall–Kier alpha value is -0.533. The van der Waals surface area contributed by atoms with Crippen LogP contribution in [0.25, 0.3) is 0 Å². The van der Waals surface area contributed by atoms with E-state index in [-0.39, 0.29) is 25.8 Å². The average molecular weight is 450 g/mol. The van der Waals surface area contributed by atoms with Crippen molar-refractivity contribution in [3.63, 3.8) is 0 Å². The van der Waals surface area contributed by atoms with Gasteiger partial charge in [0.2, 0.25) is 0 Å². The fourth-order valence-electron chi connectivity index (χ4n) is 1.75. The van der Waals surface area contributed by atoms with Gasteiger partial charge in [-0.3, -0.25) is 0 Å². The number of rotatable bonds is 6. The Balaban J connectivity index is 0. The van der Waals surface area contributed by atoms with Crippen molar-refractivity contribution >= 4 is 0 Å². The van der Waals surface area contributed by atoms with Crippen LogP contribution >= 0.6 is 0 Å². The maximum Gasteiger partial charge on any atom is 1.00 e. The molecule has 1 atom stereocenters. The minimum atomic E-state index is -8.14. The monoisotopic (exact) mass is 450 g/mol. The van der Waals surface area contributed by atoms with Gasteiger partial charge in [0.25, 0.3) is 5.60 Å². The molecule has 164 valence electrons. The van der Waals surface area contributed by atoms with Crippen molar-refractivity contribution in [2.75, 3.05) is 6.61 Å². The van der Waals surface area contributed by atoms with E-state index in [2.05, 4.69) is 4.74 Å². The average Bonchev–Trinajstić information content (AvgIpc) is 2.39. The van der Waals surface area contributed by atoms with E-state index in [9.17, 15) is 71.0 Å². The molecule has 0 aromatic carbocycles. The molecule has 0 heterocycles. The van der Waals surface area contributed by atoms with Gasteiger partial charge >= 0.3 is 55.2 Å². The van der Waals surface area contributed by atoms with Gasteiger partial charge in [0, 0.05) is 6.10 Å². The van der Waals surface area contributed by atoms with Gasteiger partial charge in [-0.05, 0) is 6.92 Å². The van der Waals surface area contributed by atoms with E-state index in [0.29, 0.717) is 0 Å². The van der Waals surface area contributed by atoms with Crippen LogP contribution in [0.1, 0.15) is 6.92 Å². The Kier molecular flexibility index (Phi) is 8.42. The molecule has 0 radical (unpaired) electrons. The van der Waals surface area contributed by atoms with Crippen molar-refractivity contribution in [2.24, 2.45) is 0 Å². The number of hydrogen-bond donors (Lipinski definition) is 0. The van der Waals surface area contributed by atoms with Crippen LogP contribution in [-0.2, 0) is 4.74 Å². The first-order valence-electron chi connectivity index (χ1n) is 6.05. The van der Waals surface area contributed by atoms with E-state index >= 15 is 0 Å².